The smallest absolute Gasteiger partial charge is 0.262 e. The first kappa shape index (κ1) is 20.0. The first-order valence-electron chi connectivity index (χ1n) is 9.99. The van der Waals surface area contributed by atoms with Crippen LogP contribution in [0.1, 0.15) is 30.9 Å². The van der Waals surface area contributed by atoms with E-state index in [0.717, 1.165) is 18.5 Å². The van der Waals surface area contributed by atoms with E-state index in [0.29, 0.717) is 17.5 Å². The molecule has 0 radical (unpaired) electrons. The highest BCUT2D eigenvalue weighted by atomic mass is 19.3. The second-order valence-corrected chi connectivity index (χ2v) is 7.97. The van der Waals surface area contributed by atoms with E-state index in [1.807, 2.05) is 0 Å². The molecule has 11 heteroatoms. The summed E-state index contributed by atoms with van der Waals surface area (Å²) in [5, 5.41) is 9.85. The molecule has 4 heterocycles. The van der Waals surface area contributed by atoms with E-state index in [-0.39, 0.29) is 29.7 Å². The van der Waals surface area contributed by atoms with Crippen LogP contribution in [0.3, 0.4) is 0 Å². The minimum absolute atomic E-state index is 0.175. The van der Waals surface area contributed by atoms with Gasteiger partial charge in [-0.15, -0.1) is 0 Å². The van der Waals surface area contributed by atoms with Crippen molar-refractivity contribution < 1.29 is 22.3 Å². The Morgan fingerprint density at radius 1 is 1.23 bits per heavy atom. The lowest BCUT2D eigenvalue weighted by Crippen LogP contribution is -2.49. The number of hydrogen-bond donors (Lipinski definition) is 2. The van der Waals surface area contributed by atoms with Gasteiger partial charge in [-0.1, -0.05) is 0 Å². The average molecular weight is 436 g/mol. The topological polar surface area (TPSA) is 76.4 Å². The van der Waals surface area contributed by atoms with Crippen molar-refractivity contribution >= 4 is 11.5 Å². The lowest BCUT2D eigenvalue weighted by atomic mass is 10.0. The summed E-state index contributed by atoms with van der Waals surface area (Å²) in [6.07, 6.45) is 2.88. The molecule has 2 N–H and O–H groups in total. The molecule has 1 atom stereocenters. The summed E-state index contributed by atoms with van der Waals surface area (Å²) in [5.74, 6) is -4.21. The maximum atomic E-state index is 14.7. The van der Waals surface area contributed by atoms with Crippen LogP contribution in [0.2, 0.25) is 0 Å². The molecule has 3 aromatic rings. The third-order valence-electron chi connectivity index (χ3n) is 5.50. The molecule has 0 amide bonds. The van der Waals surface area contributed by atoms with Crippen molar-refractivity contribution in [3.05, 3.63) is 35.7 Å². The third kappa shape index (κ3) is 3.78. The standard InChI is InChI=1S/C20H20F4N6O/c1-31-15-5-16-26-8-14(30(16)29-17(15)10-2-3-10)18-12(21)4-13(22)19(28-18)27-11-6-20(23,24)9-25-7-11/h4-5,8,10-11,25H,2-3,6-7,9H2,1H3,(H,27,28)/t11-/m1/s1. The van der Waals surface area contributed by atoms with Gasteiger partial charge < -0.3 is 15.4 Å². The monoisotopic (exact) mass is 436 g/mol. The molecule has 31 heavy (non-hydrogen) atoms. The van der Waals surface area contributed by atoms with E-state index in [4.69, 9.17) is 4.74 Å². The fraction of sp³-hybridized carbons (Fsp3) is 0.450. The molecular formula is C20H20F4N6O. The fourth-order valence-corrected chi connectivity index (χ4v) is 3.85. The molecule has 1 saturated carbocycles. The van der Waals surface area contributed by atoms with E-state index >= 15 is 0 Å². The minimum atomic E-state index is -2.92. The number of anilines is 1. The highest BCUT2D eigenvalue weighted by Crippen LogP contribution is 2.43. The van der Waals surface area contributed by atoms with Crippen molar-refractivity contribution in [1.82, 2.24) is 24.9 Å². The van der Waals surface area contributed by atoms with Crippen molar-refractivity contribution in [2.45, 2.75) is 37.1 Å². The third-order valence-corrected chi connectivity index (χ3v) is 5.50. The van der Waals surface area contributed by atoms with Crippen LogP contribution in [-0.4, -0.2) is 51.7 Å². The molecule has 1 aliphatic heterocycles. The van der Waals surface area contributed by atoms with Crippen LogP contribution >= 0.6 is 0 Å². The molecule has 3 aromatic heterocycles. The van der Waals surface area contributed by atoms with Crippen molar-refractivity contribution in [2.24, 2.45) is 0 Å². The molecule has 0 unspecified atom stereocenters. The lowest BCUT2D eigenvalue weighted by molar-refractivity contribution is -0.0244. The number of halogens is 4. The zero-order valence-electron chi connectivity index (χ0n) is 16.6. The molecule has 7 nitrogen and oxygen atoms in total. The van der Waals surface area contributed by atoms with Gasteiger partial charge in [-0.3, -0.25) is 0 Å². The Hall–Kier alpha value is -2.95. The predicted molar refractivity (Wildman–Crippen MR) is 105 cm³/mol. The summed E-state index contributed by atoms with van der Waals surface area (Å²) < 4.78 is 63.2. The number of pyridine rings is 1. The number of piperidine rings is 1. The minimum Gasteiger partial charge on any atom is -0.495 e. The van der Waals surface area contributed by atoms with E-state index < -0.39 is 36.6 Å². The van der Waals surface area contributed by atoms with Gasteiger partial charge >= 0.3 is 0 Å². The predicted octanol–water partition coefficient (Wildman–Crippen LogP) is 3.36. The SMILES string of the molecule is COc1cc2ncc(-c3nc(N[C@H]4CNCC(F)(F)C4)c(F)cc3F)n2nc1C1CC1. The van der Waals surface area contributed by atoms with E-state index in [9.17, 15) is 17.6 Å². The molecule has 5 rings (SSSR count). The first-order chi connectivity index (χ1) is 14.8. The second-order valence-electron chi connectivity index (χ2n) is 7.97. The zero-order chi connectivity index (χ0) is 21.8. The number of rotatable bonds is 5. The maximum absolute atomic E-state index is 14.7. The van der Waals surface area contributed by atoms with Crippen LogP contribution in [-0.2, 0) is 0 Å². The van der Waals surface area contributed by atoms with Gasteiger partial charge in [0, 0.05) is 37.1 Å². The highest BCUT2D eigenvalue weighted by molar-refractivity contribution is 5.63. The van der Waals surface area contributed by atoms with Gasteiger partial charge in [0.15, 0.2) is 23.1 Å². The van der Waals surface area contributed by atoms with Crippen molar-refractivity contribution in [1.29, 1.82) is 0 Å². The summed E-state index contributed by atoms with van der Waals surface area (Å²) in [5.41, 5.74) is 1.22. The number of ether oxygens (including phenoxy) is 1. The van der Waals surface area contributed by atoms with Crippen LogP contribution < -0.4 is 15.4 Å². The molecule has 0 bridgehead atoms. The number of aromatic nitrogens is 4. The first-order valence-corrected chi connectivity index (χ1v) is 9.99. The van der Waals surface area contributed by atoms with E-state index in [2.05, 4.69) is 25.7 Å². The van der Waals surface area contributed by atoms with Gasteiger partial charge in [-0.05, 0) is 12.8 Å². The average Bonchev–Trinajstić information content (AvgIpc) is 3.48. The number of imidazole rings is 1. The van der Waals surface area contributed by atoms with E-state index in [1.54, 1.807) is 13.2 Å². The van der Waals surface area contributed by atoms with Crippen molar-refractivity contribution in [3.8, 4) is 17.1 Å². The summed E-state index contributed by atoms with van der Waals surface area (Å²) in [7, 11) is 1.55. The summed E-state index contributed by atoms with van der Waals surface area (Å²) >= 11 is 0. The number of alkyl halides is 2. The fourth-order valence-electron chi connectivity index (χ4n) is 3.85. The van der Waals surface area contributed by atoms with Crippen molar-refractivity contribution in [2.75, 3.05) is 25.5 Å². The number of methoxy groups -OCH3 is 1. The Morgan fingerprint density at radius 3 is 2.74 bits per heavy atom. The molecule has 164 valence electrons. The molecule has 2 fully saturated rings. The Bertz CT molecular complexity index is 1150. The number of nitrogens with one attached hydrogen (secondary N) is 2. The number of fused-ring (bicyclic) bond motifs is 1. The largest absolute Gasteiger partial charge is 0.495 e. The van der Waals surface area contributed by atoms with E-state index in [1.165, 1.54) is 10.7 Å². The van der Waals surface area contributed by atoms with Gasteiger partial charge in [0.25, 0.3) is 5.92 Å². The van der Waals surface area contributed by atoms with Crippen LogP contribution in [0, 0.1) is 11.6 Å². The Morgan fingerprint density at radius 2 is 2.03 bits per heavy atom. The van der Waals surface area contributed by atoms with Gasteiger partial charge in [0.2, 0.25) is 0 Å². The summed E-state index contributed by atoms with van der Waals surface area (Å²) in [6.45, 7) is -0.221. The maximum Gasteiger partial charge on any atom is 0.262 e. The van der Waals surface area contributed by atoms with Gasteiger partial charge in [-0.2, -0.15) is 5.10 Å². The number of hydrogen-bond acceptors (Lipinski definition) is 6. The quantitative estimate of drug-likeness (QED) is 0.598. The Kier molecular flexibility index (Phi) is 4.72. The van der Waals surface area contributed by atoms with Gasteiger partial charge in [-0.25, -0.2) is 32.0 Å². The zero-order valence-corrected chi connectivity index (χ0v) is 16.6. The molecule has 0 aromatic carbocycles. The molecule has 2 aliphatic rings. The summed E-state index contributed by atoms with van der Waals surface area (Å²) in [6, 6.07) is 1.64. The lowest BCUT2D eigenvalue weighted by Gasteiger charge is -2.30. The molecule has 1 aliphatic carbocycles. The highest BCUT2D eigenvalue weighted by Gasteiger charge is 2.37. The van der Waals surface area contributed by atoms with Crippen LogP contribution in [0.15, 0.2) is 18.3 Å². The Balaban J connectivity index is 1.54. The number of nitrogens with zero attached hydrogens (tertiary/aromatic N) is 4. The molecular weight excluding hydrogens is 416 g/mol. The molecule has 1 saturated heterocycles. The van der Waals surface area contributed by atoms with Crippen LogP contribution in [0.4, 0.5) is 23.4 Å². The summed E-state index contributed by atoms with van der Waals surface area (Å²) in [4.78, 5) is 8.32. The van der Waals surface area contributed by atoms with Crippen LogP contribution in [0.5, 0.6) is 5.75 Å². The second kappa shape index (κ2) is 7.33. The van der Waals surface area contributed by atoms with Gasteiger partial charge in [0.05, 0.1) is 19.9 Å². The Labute approximate surface area is 174 Å². The normalized spacial score (nSPS) is 20.7. The van der Waals surface area contributed by atoms with Crippen molar-refractivity contribution in [3.63, 3.8) is 0 Å². The van der Waals surface area contributed by atoms with Crippen LogP contribution in [0.25, 0.3) is 17.0 Å². The van der Waals surface area contributed by atoms with Gasteiger partial charge in [0.1, 0.15) is 22.8 Å². The molecule has 0 spiro atoms.